The summed E-state index contributed by atoms with van der Waals surface area (Å²) in [5, 5.41) is 9.43. The Morgan fingerprint density at radius 1 is 1.29 bits per heavy atom. The molecule has 5 nitrogen and oxygen atoms in total. The van der Waals surface area contributed by atoms with Crippen LogP contribution in [0.25, 0.3) is 0 Å². The Morgan fingerprint density at radius 3 is 2.67 bits per heavy atom. The van der Waals surface area contributed by atoms with Crippen LogP contribution in [0.5, 0.6) is 0 Å². The number of amides is 1. The fourth-order valence-electron chi connectivity index (χ4n) is 1.73. The zero-order chi connectivity index (χ0) is 15.4. The molecule has 1 aromatic carbocycles. The molecule has 1 heterocycles. The van der Waals surface area contributed by atoms with Crippen molar-refractivity contribution in [3.05, 3.63) is 57.8 Å². The number of anilines is 1. The van der Waals surface area contributed by atoms with E-state index in [-0.39, 0.29) is 5.69 Å². The van der Waals surface area contributed by atoms with Gasteiger partial charge in [-0.05, 0) is 46.3 Å². The van der Waals surface area contributed by atoms with Gasteiger partial charge in [-0.2, -0.15) is 0 Å². The molecule has 21 heavy (non-hydrogen) atoms. The molecule has 1 N–H and O–H groups in total. The Kier molecular flexibility index (Phi) is 4.93. The number of carbonyl (C=O) groups excluding carboxylic acids is 1. The van der Waals surface area contributed by atoms with Crippen LogP contribution < -0.4 is 4.90 Å². The van der Waals surface area contributed by atoms with E-state index in [4.69, 9.17) is 16.7 Å². The van der Waals surface area contributed by atoms with Crippen LogP contribution in [0.4, 0.5) is 5.69 Å². The summed E-state index contributed by atoms with van der Waals surface area (Å²) in [4.78, 5) is 28.7. The molecule has 0 aliphatic heterocycles. The molecule has 2 rings (SSSR count). The smallest absolute Gasteiger partial charge is 0.323 e. The van der Waals surface area contributed by atoms with Crippen molar-refractivity contribution in [2.75, 3.05) is 11.4 Å². The van der Waals surface area contributed by atoms with E-state index in [2.05, 4.69) is 20.9 Å². The van der Waals surface area contributed by atoms with E-state index in [1.54, 1.807) is 30.3 Å². The molecule has 0 atom stereocenters. The van der Waals surface area contributed by atoms with Crippen molar-refractivity contribution >= 4 is 45.1 Å². The third kappa shape index (κ3) is 3.80. The van der Waals surface area contributed by atoms with Crippen LogP contribution in [0.15, 0.2) is 47.1 Å². The molecular weight excluding hydrogens is 360 g/mol. The minimum absolute atomic E-state index is 0.138. The Labute approximate surface area is 134 Å². The lowest BCUT2D eigenvalue weighted by Crippen LogP contribution is -2.36. The van der Waals surface area contributed by atoms with Crippen LogP contribution in [0.2, 0.25) is 5.02 Å². The van der Waals surface area contributed by atoms with Crippen molar-refractivity contribution in [1.82, 2.24) is 4.98 Å². The van der Waals surface area contributed by atoms with Gasteiger partial charge in [-0.15, -0.1) is 0 Å². The number of pyridine rings is 1. The van der Waals surface area contributed by atoms with Gasteiger partial charge in [0.1, 0.15) is 12.2 Å². The topological polar surface area (TPSA) is 70.5 Å². The normalized spacial score (nSPS) is 10.2. The molecule has 0 bridgehead atoms. The highest BCUT2D eigenvalue weighted by atomic mass is 79.9. The SMILES string of the molecule is O=C(O)CN(C(=O)c1ncccc1Br)c1cccc(Cl)c1. The molecule has 7 heteroatoms. The molecule has 0 saturated carbocycles. The van der Waals surface area contributed by atoms with Gasteiger partial charge in [0.2, 0.25) is 0 Å². The maximum atomic E-state index is 12.5. The highest BCUT2D eigenvalue weighted by Gasteiger charge is 2.23. The van der Waals surface area contributed by atoms with E-state index in [0.717, 1.165) is 4.90 Å². The largest absolute Gasteiger partial charge is 0.480 e. The number of nitrogens with zero attached hydrogens (tertiary/aromatic N) is 2. The molecule has 2 aromatic rings. The summed E-state index contributed by atoms with van der Waals surface area (Å²) in [6.07, 6.45) is 1.47. The number of halogens is 2. The summed E-state index contributed by atoms with van der Waals surface area (Å²) in [5.41, 5.74) is 0.533. The maximum Gasteiger partial charge on any atom is 0.323 e. The van der Waals surface area contributed by atoms with E-state index in [1.165, 1.54) is 12.3 Å². The molecule has 108 valence electrons. The van der Waals surface area contributed by atoms with Crippen LogP contribution in [-0.4, -0.2) is 28.5 Å². The number of carboxylic acid groups (broad SMARTS) is 1. The van der Waals surface area contributed by atoms with E-state index in [9.17, 15) is 9.59 Å². The van der Waals surface area contributed by atoms with Crippen molar-refractivity contribution in [3.63, 3.8) is 0 Å². The van der Waals surface area contributed by atoms with E-state index < -0.39 is 18.4 Å². The molecule has 0 radical (unpaired) electrons. The molecule has 0 fully saturated rings. The second kappa shape index (κ2) is 6.69. The van der Waals surface area contributed by atoms with Gasteiger partial charge in [0.15, 0.2) is 0 Å². The Balaban J connectivity index is 2.43. The van der Waals surface area contributed by atoms with E-state index in [1.807, 2.05) is 0 Å². The lowest BCUT2D eigenvalue weighted by atomic mass is 10.2. The average molecular weight is 370 g/mol. The number of carboxylic acids is 1. The molecular formula is C14H10BrClN2O3. The van der Waals surface area contributed by atoms with Gasteiger partial charge < -0.3 is 5.11 Å². The second-order valence-electron chi connectivity index (χ2n) is 4.10. The van der Waals surface area contributed by atoms with E-state index >= 15 is 0 Å². The number of aromatic nitrogens is 1. The minimum Gasteiger partial charge on any atom is -0.480 e. The van der Waals surface area contributed by atoms with Gasteiger partial charge in [-0.25, -0.2) is 4.98 Å². The van der Waals surface area contributed by atoms with Crippen molar-refractivity contribution in [2.24, 2.45) is 0 Å². The standard InChI is InChI=1S/C14H10BrClN2O3/c15-11-5-2-6-17-13(11)14(21)18(8-12(19)20)10-4-1-3-9(16)7-10/h1-7H,8H2,(H,19,20). The lowest BCUT2D eigenvalue weighted by Gasteiger charge is -2.21. The van der Waals surface area contributed by atoms with Crippen molar-refractivity contribution in [2.45, 2.75) is 0 Å². The maximum absolute atomic E-state index is 12.5. The first-order valence-corrected chi connectivity index (χ1v) is 7.06. The van der Waals surface area contributed by atoms with Gasteiger partial charge in [-0.3, -0.25) is 14.5 Å². The van der Waals surface area contributed by atoms with Gasteiger partial charge in [0.25, 0.3) is 5.91 Å². The Bertz CT molecular complexity index is 693. The quantitative estimate of drug-likeness (QED) is 0.898. The summed E-state index contributed by atoms with van der Waals surface area (Å²) < 4.78 is 0.493. The Morgan fingerprint density at radius 2 is 2.05 bits per heavy atom. The zero-order valence-corrected chi connectivity index (χ0v) is 13.0. The van der Waals surface area contributed by atoms with Crippen molar-refractivity contribution < 1.29 is 14.7 Å². The molecule has 0 spiro atoms. The van der Waals surface area contributed by atoms with Crippen LogP contribution in [0, 0.1) is 0 Å². The lowest BCUT2D eigenvalue weighted by molar-refractivity contribution is -0.135. The molecule has 1 amide bonds. The second-order valence-corrected chi connectivity index (χ2v) is 5.39. The van der Waals surface area contributed by atoms with Gasteiger partial charge in [0, 0.05) is 21.4 Å². The predicted molar refractivity (Wildman–Crippen MR) is 82.7 cm³/mol. The fourth-order valence-corrected chi connectivity index (χ4v) is 2.34. The average Bonchev–Trinajstić information content (AvgIpc) is 2.44. The molecule has 1 aromatic heterocycles. The number of rotatable bonds is 4. The van der Waals surface area contributed by atoms with Gasteiger partial charge in [0.05, 0.1) is 0 Å². The van der Waals surface area contributed by atoms with Crippen molar-refractivity contribution in [1.29, 1.82) is 0 Å². The monoisotopic (exact) mass is 368 g/mol. The fraction of sp³-hybridized carbons (Fsp3) is 0.0714. The Hall–Kier alpha value is -1.92. The number of hydrogen-bond donors (Lipinski definition) is 1. The van der Waals surface area contributed by atoms with Crippen LogP contribution in [0.1, 0.15) is 10.5 Å². The van der Waals surface area contributed by atoms with E-state index in [0.29, 0.717) is 15.2 Å². The minimum atomic E-state index is -1.13. The number of benzene rings is 1. The first-order valence-electron chi connectivity index (χ1n) is 5.89. The number of aliphatic carboxylic acids is 1. The summed E-state index contributed by atoms with van der Waals surface area (Å²) in [6, 6.07) is 9.76. The van der Waals surface area contributed by atoms with Gasteiger partial charge in [-0.1, -0.05) is 17.7 Å². The molecule has 0 aliphatic rings. The molecule has 0 aliphatic carbocycles. The number of hydrogen-bond acceptors (Lipinski definition) is 3. The number of carbonyl (C=O) groups is 2. The third-order valence-electron chi connectivity index (χ3n) is 2.62. The zero-order valence-electron chi connectivity index (χ0n) is 10.7. The van der Waals surface area contributed by atoms with Gasteiger partial charge >= 0.3 is 5.97 Å². The molecule has 0 saturated heterocycles. The van der Waals surface area contributed by atoms with Crippen LogP contribution in [-0.2, 0) is 4.79 Å². The van der Waals surface area contributed by atoms with Crippen LogP contribution in [0.3, 0.4) is 0 Å². The first-order chi connectivity index (χ1) is 9.99. The third-order valence-corrected chi connectivity index (χ3v) is 3.49. The summed E-state index contributed by atoms with van der Waals surface area (Å²) in [5.74, 6) is -1.65. The first kappa shape index (κ1) is 15.5. The summed E-state index contributed by atoms with van der Waals surface area (Å²) in [7, 11) is 0. The summed E-state index contributed by atoms with van der Waals surface area (Å²) in [6.45, 7) is -0.484. The highest BCUT2D eigenvalue weighted by Crippen LogP contribution is 2.23. The molecule has 0 unspecified atom stereocenters. The van der Waals surface area contributed by atoms with Crippen LogP contribution >= 0.6 is 27.5 Å². The summed E-state index contributed by atoms with van der Waals surface area (Å²) >= 11 is 9.13. The predicted octanol–water partition coefficient (Wildman–Crippen LogP) is 3.23. The van der Waals surface area contributed by atoms with Crippen molar-refractivity contribution in [3.8, 4) is 0 Å². The highest BCUT2D eigenvalue weighted by molar-refractivity contribution is 9.10.